The normalized spacial score (nSPS) is 17.6. The summed E-state index contributed by atoms with van der Waals surface area (Å²) in [6, 6.07) is 59.5. The Bertz CT molecular complexity index is 2650. The van der Waals surface area contributed by atoms with Crippen LogP contribution in [0.15, 0.2) is 169 Å². The maximum Gasteiger partial charge on any atom is 0.131 e. The number of nitrogens with one attached hydrogen (secondary N) is 2. The first-order valence-electron chi connectivity index (χ1n) is 17.9. The third kappa shape index (κ3) is 4.73. The highest BCUT2D eigenvalue weighted by molar-refractivity contribution is 6.26. The lowest BCUT2D eigenvalue weighted by atomic mass is 9.79. The van der Waals surface area contributed by atoms with Gasteiger partial charge in [0.25, 0.3) is 0 Å². The minimum atomic E-state index is -0.262. The van der Waals surface area contributed by atoms with Gasteiger partial charge in [0.05, 0.1) is 0 Å². The van der Waals surface area contributed by atoms with Crippen LogP contribution >= 0.6 is 0 Å². The molecule has 1 aliphatic carbocycles. The Kier molecular flexibility index (Phi) is 6.74. The van der Waals surface area contributed by atoms with E-state index in [4.69, 9.17) is 4.99 Å². The van der Waals surface area contributed by atoms with Gasteiger partial charge in [-0.25, -0.2) is 4.99 Å². The molecule has 0 radical (unpaired) electrons. The molecule has 2 aliphatic rings. The van der Waals surface area contributed by atoms with E-state index in [1.165, 1.54) is 71.3 Å². The van der Waals surface area contributed by atoms with Gasteiger partial charge in [-0.2, -0.15) is 0 Å². The van der Waals surface area contributed by atoms with Crippen molar-refractivity contribution in [3.05, 3.63) is 192 Å². The molecule has 0 saturated carbocycles. The number of nitrogens with zero attached hydrogens (tertiary/aromatic N) is 1. The van der Waals surface area contributed by atoms with Gasteiger partial charge >= 0.3 is 0 Å². The van der Waals surface area contributed by atoms with E-state index >= 15 is 0 Å². The highest BCUT2D eigenvalue weighted by Crippen LogP contribution is 2.51. The zero-order chi connectivity index (χ0) is 34.1. The largest absolute Gasteiger partial charge is 0.350 e. The molecule has 8 aromatic carbocycles. The smallest absolute Gasteiger partial charge is 0.131 e. The number of rotatable bonds is 4. The molecule has 0 spiro atoms. The summed E-state index contributed by atoms with van der Waals surface area (Å²) in [7, 11) is 0. The van der Waals surface area contributed by atoms with Gasteiger partial charge in [-0.15, -0.1) is 0 Å². The van der Waals surface area contributed by atoms with Crippen LogP contribution in [-0.4, -0.2) is 5.84 Å². The van der Waals surface area contributed by atoms with Crippen molar-refractivity contribution in [2.24, 2.45) is 4.99 Å². The third-order valence-corrected chi connectivity index (χ3v) is 11.1. The molecule has 51 heavy (non-hydrogen) atoms. The van der Waals surface area contributed by atoms with Crippen molar-refractivity contribution in [2.45, 2.75) is 31.6 Å². The van der Waals surface area contributed by atoms with Crippen LogP contribution in [0.4, 0.5) is 0 Å². The molecule has 8 aromatic rings. The molecule has 2 unspecified atom stereocenters. The maximum absolute atomic E-state index is 5.45. The van der Waals surface area contributed by atoms with Crippen molar-refractivity contribution in [3.63, 3.8) is 0 Å². The summed E-state index contributed by atoms with van der Waals surface area (Å²) in [5, 5.41) is 15.4. The zero-order valence-corrected chi connectivity index (χ0v) is 28.7. The maximum atomic E-state index is 5.45. The standard InChI is InChI=1S/C48H37N3/c1-48(2)43-25-11-10-22-39(43)40-23-13-24-41(44(40)48)47-50-45(32-17-12-16-31(28-32)30-14-4-3-5-15-30)49-46(51-47)33-26-27-38-36-20-7-6-18-34(36)35-19-8-9-21-37(35)42(38)29-33/h3-29,45,47,50H,1-2H3,(H,49,51). The van der Waals surface area contributed by atoms with Crippen molar-refractivity contribution in [1.29, 1.82) is 0 Å². The van der Waals surface area contributed by atoms with Crippen molar-refractivity contribution >= 4 is 38.2 Å². The number of hydrogen-bond donors (Lipinski definition) is 2. The summed E-state index contributed by atoms with van der Waals surface area (Å²) < 4.78 is 0. The highest BCUT2D eigenvalue weighted by atomic mass is 15.3. The third-order valence-electron chi connectivity index (χ3n) is 11.1. The van der Waals surface area contributed by atoms with Gasteiger partial charge in [0.2, 0.25) is 0 Å². The molecule has 0 aromatic heterocycles. The van der Waals surface area contributed by atoms with Crippen LogP contribution in [0.1, 0.15) is 54.0 Å². The molecular weight excluding hydrogens is 619 g/mol. The predicted octanol–water partition coefficient (Wildman–Crippen LogP) is 11.5. The van der Waals surface area contributed by atoms with Crippen LogP contribution in [0.3, 0.4) is 0 Å². The molecule has 1 heterocycles. The molecule has 3 heteroatoms. The zero-order valence-electron chi connectivity index (χ0n) is 28.7. The van der Waals surface area contributed by atoms with Gasteiger partial charge in [-0.3, -0.25) is 5.32 Å². The van der Waals surface area contributed by atoms with Gasteiger partial charge in [-0.05, 0) is 89.0 Å². The van der Waals surface area contributed by atoms with E-state index in [0.717, 1.165) is 17.0 Å². The van der Waals surface area contributed by atoms with Crippen LogP contribution in [0.5, 0.6) is 0 Å². The van der Waals surface area contributed by atoms with E-state index in [9.17, 15) is 0 Å². The molecule has 10 rings (SSSR count). The van der Waals surface area contributed by atoms with E-state index in [0.29, 0.717) is 0 Å². The number of benzene rings is 8. The summed E-state index contributed by atoms with van der Waals surface area (Å²) in [4.78, 5) is 5.45. The van der Waals surface area contributed by atoms with Gasteiger partial charge in [-0.1, -0.05) is 166 Å². The van der Waals surface area contributed by atoms with Crippen molar-refractivity contribution in [1.82, 2.24) is 10.6 Å². The monoisotopic (exact) mass is 655 g/mol. The Labute approximate surface area is 298 Å². The van der Waals surface area contributed by atoms with E-state index in [1.54, 1.807) is 0 Å². The molecule has 244 valence electrons. The lowest BCUT2D eigenvalue weighted by Crippen LogP contribution is -2.45. The molecule has 0 fully saturated rings. The summed E-state index contributed by atoms with van der Waals surface area (Å²) in [5.41, 5.74) is 11.1. The minimum Gasteiger partial charge on any atom is -0.350 e. The van der Waals surface area contributed by atoms with Crippen LogP contribution in [-0.2, 0) is 5.41 Å². The summed E-state index contributed by atoms with van der Waals surface area (Å²) in [5.74, 6) is 0.888. The molecule has 3 nitrogen and oxygen atoms in total. The Balaban J connectivity index is 1.15. The van der Waals surface area contributed by atoms with Crippen molar-refractivity contribution in [3.8, 4) is 22.3 Å². The average Bonchev–Trinajstić information content (AvgIpc) is 3.44. The van der Waals surface area contributed by atoms with Gasteiger partial charge in [0.1, 0.15) is 18.2 Å². The first-order valence-corrected chi connectivity index (χ1v) is 17.9. The topological polar surface area (TPSA) is 36.4 Å². The lowest BCUT2D eigenvalue weighted by Gasteiger charge is -2.35. The van der Waals surface area contributed by atoms with Gasteiger partial charge in [0, 0.05) is 11.0 Å². The molecular formula is C48H37N3. The predicted molar refractivity (Wildman–Crippen MR) is 213 cm³/mol. The first-order chi connectivity index (χ1) is 25.0. The first kappa shape index (κ1) is 29.8. The molecule has 0 amide bonds. The van der Waals surface area contributed by atoms with Crippen LogP contribution < -0.4 is 10.6 Å². The molecule has 0 saturated heterocycles. The number of fused-ring (bicyclic) bond motifs is 9. The fourth-order valence-electron chi connectivity index (χ4n) is 8.74. The van der Waals surface area contributed by atoms with Gasteiger partial charge < -0.3 is 5.32 Å². The second kappa shape index (κ2) is 11.5. The molecule has 0 bridgehead atoms. The fraction of sp³-hybridized carbons (Fsp3) is 0.104. The Morgan fingerprint density at radius 2 is 1.10 bits per heavy atom. The number of amidine groups is 1. The molecule has 2 atom stereocenters. The highest BCUT2D eigenvalue weighted by Gasteiger charge is 2.39. The van der Waals surface area contributed by atoms with E-state index in [1.807, 2.05) is 0 Å². The molecule has 1 aliphatic heterocycles. The van der Waals surface area contributed by atoms with E-state index < -0.39 is 0 Å². The summed E-state index contributed by atoms with van der Waals surface area (Å²) >= 11 is 0. The summed E-state index contributed by atoms with van der Waals surface area (Å²) in [6.45, 7) is 4.72. The Hall–Kier alpha value is -6.03. The summed E-state index contributed by atoms with van der Waals surface area (Å²) in [6.07, 6.45) is -0.433. The SMILES string of the molecule is CC1(C)c2ccccc2-c2cccc(C3NC(c4ccc5c6ccccc6c6ccccc6c5c4)=NC(c4cccc(-c5ccccc5)c4)N3)c21. The Morgan fingerprint density at radius 3 is 1.86 bits per heavy atom. The second-order valence-corrected chi connectivity index (χ2v) is 14.4. The average molecular weight is 656 g/mol. The number of hydrogen-bond acceptors (Lipinski definition) is 3. The van der Waals surface area contributed by atoms with Gasteiger partial charge in [0.15, 0.2) is 0 Å². The van der Waals surface area contributed by atoms with Crippen LogP contribution in [0, 0.1) is 0 Å². The van der Waals surface area contributed by atoms with Crippen molar-refractivity contribution < 1.29 is 0 Å². The van der Waals surface area contributed by atoms with E-state index in [-0.39, 0.29) is 17.7 Å². The lowest BCUT2D eigenvalue weighted by molar-refractivity contribution is 0.404. The second-order valence-electron chi connectivity index (χ2n) is 14.4. The Morgan fingerprint density at radius 1 is 0.490 bits per heavy atom. The molecule has 2 N–H and O–H groups in total. The van der Waals surface area contributed by atoms with Crippen molar-refractivity contribution in [2.75, 3.05) is 0 Å². The van der Waals surface area contributed by atoms with Crippen LogP contribution in [0.2, 0.25) is 0 Å². The number of aliphatic imine (C=N–C) groups is 1. The van der Waals surface area contributed by atoms with E-state index in [2.05, 4.69) is 188 Å². The fourth-order valence-corrected chi connectivity index (χ4v) is 8.74. The quantitative estimate of drug-likeness (QED) is 0.185. The van der Waals surface area contributed by atoms with Crippen LogP contribution in [0.25, 0.3) is 54.6 Å². The minimum absolute atomic E-state index is 0.147.